The van der Waals surface area contributed by atoms with Crippen LogP contribution in [0.4, 0.5) is 0 Å². The SMILES string of the molecule is c1ccc(CN(CC2CCNCC2)CC2CCOCC2)cc1. The third kappa shape index (κ3) is 5.08. The molecule has 122 valence electrons. The highest BCUT2D eigenvalue weighted by Gasteiger charge is 2.21. The van der Waals surface area contributed by atoms with Crippen LogP contribution < -0.4 is 5.32 Å². The van der Waals surface area contributed by atoms with Crippen molar-refractivity contribution in [1.29, 1.82) is 0 Å². The zero-order chi connectivity index (χ0) is 15.0. The second-order valence-corrected chi connectivity index (χ2v) is 6.93. The smallest absolute Gasteiger partial charge is 0.0469 e. The summed E-state index contributed by atoms with van der Waals surface area (Å²) in [6.45, 7) is 7.90. The number of rotatable bonds is 6. The molecular formula is C19H30N2O. The number of ether oxygens (including phenoxy) is 1. The maximum absolute atomic E-state index is 5.52. The summed E-state index contributed by atoms with van der Waals surface area (Å²) >= 11 is 0. The van der Waals surface area contributed by atoms with Crippen molar-refractivity contribution in [3.8, 4) is 0 Å². The predicted octanol–water partition coefficient (Wildman–Crippen LogP) is 2.91. The summed E-state index contributed by atoms with van der Waals surface area (Å²) in [6, 6.07) is 11.0. The van der Waals surface area contributed by atoms with Crippen LogP contribution in [0.1, 0.15) is 31.2 Å². The molecule has 22 heavy (non-hydrogen) atoms. The molecule has 2 fully saturated rings. The van der Waals surface area contributed by atoms with Crippen molar-refractivity contribution in [2.45, 2.75) is 32.2 Å². The molecule has 2 heterocycles. The van der Waals surface area contributed by atoms with Crippen LogP contribution in [0.5, 0.6) is 0 Å². The van der Waals surface area contributed by atoms with Crippen molar-refractivity contribution in [2.75, 3.05) is 39.4 Å². The van der Waals surface area contributed by atoms with Gasteiger partial charge in [-0.05, 0) is 56.2 Å². The number of nitrogens with zero attached hydrogens (tertiary/aromatic N) is 1. The molecule has 0 unspecified atom stereocenters. The van der Waals surface area contributed by atoms with Crippen molar-refractivity contribution < 1.29 is 4.74 Å². The molecule has 0 aromatic heterocycles. The summed E-state index contributed by atoms with van der Waals surface area (Å²) in [5.74, 6) is 1.68. The third-order valence-corrected chi connectivity index (χ3v) is 5.08. The van der Waals surface area contributed by atoms with Gasteiger partial charge in [0.15, 0.2) is 0 Å². The van der Waals surface area contributed by atoms with Gasteiger partial charge in [0, 0.05) is 32.8 Å². The van der Waals surface area contributed by atoms with E-state index in [-0.39, 0.29) is 0 Å². The van der Waals surface area contributed by atoms with Gasteiger partial charge in [-0.3, -0.25) is 4.90 Å². The summed E-state index contributed by atoms with van der Waals surface area (Å²) in [5, 5.41) is 3.48. The third-order valence-electron chi connectivity index (χ3n) is 5.08. The van der Waals surface area contributed by atoms with E-state index in [0.29, 0.717) is 0 Å². The van der Waals surface area contributed by atoms with Crippen LogP contribution in [-0.4, -0.2) is 44.3 Å². The Hall–Kier alpha value is -0.900. The summed E-state index contributed by atoms with van der Waals surface area (Å²) in [4.78, 5) is 2.71. The van der Waals surface area contributed by atoms with Gasteiger partial charge in [-0.1, -0.05) is 30.3 Å². The number of hydrogen-bond donors (Lipinski definition) is 1. The average molecular weight is 302 g/mol. The zero-order valence-corrected chi connectivity index (χ0v) is 13.7. The van der Waals surface area contributed by atoms with E-state index in [1.165, 1.54) is 57.4 Å². The van der Waals surface area contributed by atoms with Crippen molar-refractivity contribution >= 4 is 0 Å². The molecule has 0 spiro atoms. The average Bonchev–Trinajstić information content (AvgIpc) is 2.57. The first-order chi connectivity index (χ1) is 10.9. The molecule has 3 nitrogen and oxygen atoms in total. The number of benzene rings is 1. The van der Waals surface area contributed by atoms with Crippen LogP contribution in [0.3, 0.4) is 0 Å². The van der Waals surface area contributed by atoms with Gasteiger partial charge in [0.2, 0.25) is 0 Å². The molecule has 1 aromatic rings. The lowest BCUT2D eigenvalue weighted by Gasteiger charge is -2.33. The molecule has 2 aliphatic rings. The standard InChI is InChI=1S/C19H30N2O/c1-2-4-17(5-3-1)14-21(15-18-6-10-20-11-7-18)16-19-8-12-22-13-9-19/h1-5,18-20H,6-16H2. The lowest BCUT2D eigenvalue weighted by atomic mass is 9.95. The number of hydrogen-bond acceptors (Lipinski definition) is 3. The molecule has 0 atom stereocenters. The van der Waals surface area contributed by atoms with Gasteiger partial charge in [-0.15, -0.1) is 0 Å². The minimum atomic E-state index is 0.819. The van der Waals surface area contributed by atoms with E-state index in [0.717, 1.165) is 31.6 Å². The minimum absolute atomic E-state index is 0.819. The first kappa shape index (κ1) is 16.0. The van der Waals surface area contributed by atoms with E-state index < -0.39 is 0 Å². The van der Waals surface area contributed by atoms with Gasteiger partial charge in [0.05, 0.1) is 0 Å². The van der Waals surface area contributed by atoms with E-state index >= 15 is 0 Å². The Morgan fingerprint density at radius 3 is 2.23 bits per heavy atom. The van der Waals surface area contributed by atoms with Gasteiger partial charge in [-0.25, -0.2) is 0 Å². The van der Waals surface area contributed by atoms with Crippen LogP contribution in [0.25, 0.3) is 0 Å². The van der Waals surface area contributed by atoms with E-state index in [4.69, 9.17) is 4.74 Å². The summed E-state index contributed by atoms with van der Waals surface area (Å²) in [7, 11) is 0. The van der Waals surface area contributed by atoms with E-state index in [1.807, 2.05) is 0 Å². The monoisotopic (exact) mass is 302 g/mol. The zero-order valence-electron chi connectivity index (χ0n) is 13.7. The summed E-state index contributed by atoms with van der Waals surface area (Å²) in [6.07, 6.45) is 5.13. The topological polar surface area (TPSA) is 24.5 Å². The Balaban J connectivity index is 1.58. The first-order valence-corrected chi connectivity index (χ1v) is 8.95. The fourth-order valence-electron chi connectivity index (χ4n) is 3.77. The lowest BCUT2D eigenvalue weighted by Crippen LogP contribution is -2.39. The maximum atomic E-state index is 5.52. The molecule has 0 aliphatic carbocycles. The lowest BCUT2D eigenvalue weighted by molar-refractivity contribution is 0.0479. The first-order valence-electron chi connectivity index (χ1n) is 8.95. The molecule has 0 bridgehead atoms. The molecule has 0 radical (unpaired) electrons. The van der Waals surface area contributed by atoms with E-state index in [1.54, 1.807) is 0 Å². The highest BCUT2D eigenvalue weighted by molar-refractivity contribution is 5.14. The molecule has 2 saturated heterocycles. The molecule has 3 heteroatoms. The van der Waals surface area contributed by atoms with E-state index in [9.17, 15) is 0 Å². The van der Waals surface area contributed by atoms with Gasteiger partial charge in [0.1, 0.15) is 0 Å². The Morgan fingerprint density at radius 2 is 1.55 bits per heavy atom. The molecule has 2 aliphatic heterocycles. The minimum Gasteiger partial charge on any atom is -0.381 e. The largest absolute Gasteiger partial charge is 0.381 e. The van der Waals surface area contributed by atoms with Crippen LogP contribution in [0, 0.1) is 11.8 Å². The Bertz CT molecular complexity index is 391. The molecule has 3 rings (SSSR count). The Kier molecular flexibility index (Phi) is 6.29. The van der Waals surface area contributed by atoms with Crippen LogP contribution in [-0.2, 0) is 11.3 Å². The second-order valence-electron chi connectivity index (χ2n) is 6.93. The van der Waals surface area contributed by atoms with Crippen LogP contribution >= 0.6 is 0 Å². The molecular weight excluding hydrogens is 272 g/mol. The second kappa shape index (κ2) is 8.66. The molecule has 1 N–H and O–H groups in total. The van der Waals surface area contributed by atoms with Gasteiger partial charge in [0.25, 0.3) is 0 Å². The highest BCUT2D eigenvalue weighted by Crippen LogP contribution is 2.21. The van der Waals surface area contributed by atoms with Crippen LogP contribution in [0.15, 0.2) is 30.3 Å². The van der Waals surface area contributed by atoms with Crippen molar-refractivity contribution in [1.82, 2.24) is 10.2 Å². The van der Waals surface area contributed by atoms with Crippen molar-refractivity contribution in [3.63, 3.8) is 0 Å². The Morgan fingerprint density at radius 1 is 0.909 bits per heavy atom. The van der Waals surface area contributed by atoms with Crippen molar-refractivity contribution in [3.05, 3.63) is 35.9 Å². The maximum Gasteiger partial charge on any atom is 0.0469 e. The molecule has 0 amide bonds. The quantitative estimate of drug-likeness (QED) is 0.874. The van der Waals surface area contributed by atoms with Gasteiger partial charge >= 0.3 is 0 Å². The van der Waals surface area contributed by atoms with E-state index in [2.05, 4.69) is 40.5 Å². The fourth-order valence-corrected chi connectivity index (χ4v) is 3.77. The number of nitrogens with one attached hydrogen (secondary N) is 1. The van der Waals surface area contributed by atoms with Gasteiger partial charge in [-0.2, -0.15) is 0 Å². The highest BCUT2D eigenvalue weighted by atomic mass is 16.5. The fraction of sp³-hybridized carbons (Fsp3) is 0.684. The van der Waals surface area contributed by atoms with Crippen LogP contribution in [0.2, 0.25) is 0 Å². The Labute approximate surface area is 135 Å². The summed E-state index contributed by atoms with van der Waals surface area (Å²) in [5.41, 5.74) is 1.45. The normalized spacial score (nSPS) is 21.3. The molecule has 1 aromatic carbocycles. The predicted molar refractivity (Wildman–Crippen MR) is 90.9 cm³/mol. The van der Waals surface area contributed by atoms with Gasteiger partial charge < -0.3 is 10.1 Å². The number of piperidine rings is 1. The van der Waals surface area contributed by atoms with Crippen molar-refractivity contribution in [2.24, 2.45) is 11.8 Å². The summed E-state index contributed by atoms with van der Waals surface area (Å²) < 4.78 is 5.52. The molecule has 0 saturated carbocycles.